The first-order valence-electron chi connectivity index (χ1n) is 7.29. The van der Waals surface area contributed by atoms with Crippen LogP contribution in [-0.2, 0) is 9.59 Å². The van der Waals surface area contributed by atoms with Crippen LogP contribution in [0.2, 0.25) is 0 Å². The van der Waals surface area contributed by atoms with Gasteiger partial charge in [-0.2, -0.15) is 0 Å². The molecule has 1 heterocycles. The van der Waals surface area contributed by atoms with Gasteiger partial charge >= 0.3 is 5.97 Å². The maximum absolute atomic E-state index is 13.0. The number of rotatable bonds is 4. The van der Waals surface area contributed by atoms with E-state index in [1.807, 2.05) is 13.8 Å². The maximum Gasteiger partial charge on any atom is 0.329 e. The van der Waals surface area contributed by atoms with Gasteiger partial charge in [-0.1, -0.05) is 13.8 Å². The van der Waals surface area contributed by atoms with Crippen molar-refractivity contribution in [2.24, 2.45) is 0 Å². The van der Waals surface area contributed by atoms with Gasteiger partial charge in [-0.05, 0) is 38.8 Å². The Morgan fingerprint density at radius 3 is 2.41 bits per heavy atom. The van der Waals surface area contributed by atoms with Gasteiger partial charge in [0.2, 0.25) is 0 Å². The Morgan fingerprint density at radius 1 is 1.32 bits per heavy atom. The molecule has 1 aliphatic heterocycles. The molecule has 1 aliphatic rings. The highest BCUT2D eigenvalue weighted by Crippen LogP contribution is 2.45. The smallest absolute Gasteiger partial charge is 0.329 e. The first-order chi connectivity index (χ1) is 10.2. The molecule has 0 aliphatic carbocycles. The number of carbonyl (C=O) groups excluding carboxylic acids is 1. The third-order valence-electron chi connectivity index (χ3n) is 4.31. The summed E-state index contributed by atoms with van der Waals surface area (Å²) in [6, 6.07) is 4.37. The van der Waals surface area contributed by atoms with Crippen LogP contribution in [0.25, 0.3) is 0 Å². The Hall–Kier alpha value is -2.24. The Bertz CT molecular complexity index is 619. The van der Waals surface area contributed by atoms with Crippen LogP contribution in [0, 0.1) is 0 Å². The largest absolute Gasteiger partial charge is 0.508 e. The number of carbonyl (C=O) groups is 2. The molecule has 0 bridgehead atoms. The van der Waals surface area contributed by atoms with Crippen molar-refractivity contribution in [1.29, 1.82) is 0 Å². The van der Waals surface area contributed by atoms with E-state index in [0.29, 0.717) is 18.6 Å². The quantitative estimate of drug-likeness (QED) is 0.892. The van der Waals surface area contributed by atoms with Crippen molar-refractivity contribution in [2.45, 2.75) is 51.7 Å². The zero-order valence-electron chi connectivity index (χ0n) is 13.2. The summed E-state index contributed by atoms with van der Waals surface area (Å²) in [5.74, 6) is -1.18. The third-order valence-corrected chi connectivity index (χ3v) is 4.31. The fourth-order valence-corrected chi connectivity index (χ4v) is 2.68. The van der Waals surface area contributed by atoms with Gasteiger partial charge in [0.05, 0.1) is 5.69 Å². The molecular weight excluding hydrogens is 286 g/mol. The number of phenolic OH excluding ortho intramolecular Hbond substituents is 1. The fraction of sp³-hybridized carbons (Fsp3) is 0.500. The molecule has 6 nitrogen and oxygen atoms in total. The molecule has 6 heteroatoms. The lowest BCUT2D eigenvalue weighted by Gasteiger charge is -2.46. The van der Waals surface area contributed by atoms with Crippen LogP contribution in [0.4, 0.5) is 5.69 Å². The predicted molar refractivity (Wildman–Crippen MR) is 81.2 cm³/mol. The summed E-state index contributed by atoms with van der Waals surface area (Å²) in [7, 11) is 0. The Labute approximate surface area is 129 Å². The molecular formula is C16H21NO5. The Morgan fingerprint density at radius 2 is 1.91 bits per heavy atom. The number of aromatic hydroxyl groups is 1. The molecule has 0 atom stereocenters. The first-order valence-corrected chi connectivity index (χ1v) is 7.29. The van der Waals surface area contributed by atoms with E-state index < -0.39 is 23.0 Å². The number of hydrogen-bond acceptors (Lipinski definition) is 4. The van der Waals surface area contributed by atoms with Crippen LogP contribution in [0.3, 0.4) is 0 Å². The van der Waals surface area contributed by atoms with Gasteiger partial charge < -0.3 is 14.9 Å². The molecule has 120 valence electrons. The lowest BCUT2D eigenvalue weighted by atomic mass is 9.89. The van der Waals surface area contributed by atoms with Crippen molar-refractivity contribution < 1.29 is 24.5 Å². The van der Waals surface area contributed by atoms with Crippen LogP contribution in [-0.4, -0.2) is 33.2 Å². The molecule has 0 saturated carbocycles. The molecule has 1 aromatic carbocycles. The highest BCUT2D eigenvalue weighted by molar-refractivity contribution is 6.08. The van der Waals surface area contributed by atoms with Gasteiger partial charge in [0.15, 0.2) is 5.60 Å². The number of fused-ring (bicyclic) bond motifs is 1. The summed E-state index contributed by atoms with van der Waals surface area (Å²) in [6.07, 6.45) is 0.851. The zero-order chi connectivity index (χ0) is 16.7. The standard InChI is InChI=1S/C16H21NO5/c1-5-16(6-2)13(19)17(15(3,4)14(20)21)11-9-10(18)7-8-12(11)22-16/h7-9,18H,5-6H2,1-4H3,(H,20,21). The van der Waals surface area contributed by atoms with Gasteiger partial charge in [0.1, 0.15) is 17.0 Å². The number of nitrogens with zero attached hydrogens (tertiary/aromatic N) is 1. The number of carboxylic acid groups (broad SMARTS) is 1. The third kappa shape index (κ3) is 2.19. The average molecular weight is 307 g/mol. The molecule has 2 rings (SSSR count). The molecule has 0 unspecified atom stereocenters. The van der Waals surface area contributed by atoms with Crippen LogP contribution < -0.4 is 9.64 Å². The second kappa shape index (κ2) is 5.19. The van der Waals surface area contributed by atoms with E-state index in [4.69, 9.17) is 4.74 Å². The molecule has 0 radical (unpaired) electrons. The van der Waals surface area contributed by atoms with Crippen LogP contribution >= 0.6 is 0 Å². The number of anilines is 1. The molecule has 0 fully saturated rings. The minimum atomic E-state index is -1.46. The van der Waals surface area contributed by atoms with E-state index in [0.717, 1.165) is 0 Å². The summed E-state index contributed by atoms with van der Waals surface area (Å²) in [5.41, 5.74) is -2.27. The number of ether oxygens (including phenoxy) is 1. The highest BCUT2D eigenvalue weighted by atomic mass is 16.5. The zero-order valence-corrected chi connectivity index (χ0v) is 13.2. The first kappa shape index (κ1) is 16.1. The molecule has 0 spiro atoms. The number of carboxylic acids is 1. The van der Waals surface area contributed by atoms with E-state index in [2.05, 4.69) is 0 Å². The lowest BCUT2D eigenvalue weighted by Crippen LogP contribution is -2.64. The fourth-order valence-electron chi connectivity index (χ4n) is 2.68. The van der Waals surface area contributed by atoms with Gasteiger partial charge in [-0.25, -0.2) is 4.79 Å². The summed E-state index contributed by atoms with van der Waals surface area (Å²) >= 11 is 0. The monoisotopic (exact) mass is 307 g/mol. The molecule has 0 aromatic heterocycles. The minimum absolute atomic E-state index is 0.0539. The second-order valence-electron chi connectivity index (χ2n) is 5.96. The highest BCUT2D eigenvalue weighted by Gasteiger charge is 2.52. The van der Waals surface area contributed by atoms with Gasteiger partial charge in [-0.15, -0.1) is 0 Å². The minimum Gasteiger partial charge on any atom is -0.508 e. The SMILES string of the molecule is CCC1(CC)Oc2ccc(O)cc2N(C(C)(C)C(=O)O)C1=O. The maximum atomic E-state index is 13.0. The summed E-state index contributed by atoms with van der Waals surface area (Å²) in [4.78, 5) is 25.9. The number of phenols is 1. The van der Waals surface area contributed by atoms with Crippen LogP contribution in [0.5, 0.6) is 11.5 Å². The van der Waals surface area contributed by atoms with Gasteiger partial charge in [-0.3, -0.25) is 9.69 Å². The van der Waals surface area contributed by atoms with Crippen molar-refractivity contribution in [1.82, 2.24) is 0 Å². The molecule has 22 heavy (non-hydrogen) atoms. The van der Waals surface area contributed by atoms with Crippen LogP contribution in [0.1, 0.15) is 40.5 Å². The number of benzene rings is 1. The van der Waals surface area contributed by atoms with Crippen molar-refractivity contribution in [2.75, 3.05) is 4.90 Å². The van der Waals surface area contributed by atoms with E-state index in [1.54, 1.807) is 6.07 Å². The number of hydrogen-bond donors (Lipinski definition) is 2. The van der Waals surface area contributed by atoms with Crippen molar-refractivity contribution in [3.63, 3.8) is 0 Å². The predicted octanol–water partition coefficient (Wildman–Crippen LogP) is 2.54. The number of aliphatic carboxylic acids is 1. The Balaban J connectivity index is 2.71. The van der Waals surface area contributed by atoms with E-state index in [-0.39, 0.29) is 11.4 Å². The summed E-state index contributed by atoms with van der Waals surface area (Å²) in [5, 5.41) is 19.2. The molecule has 1 aromatic rings. The van der Waals surface area contributed by atoms with Crippen LogP contribution in [0.15, 0.2) is 18.2 Å². The molecule has 0 saturated heterocycles. The van der Waals surface area contributed by atoms with Gasteiger partial charge in [0, 0.05) is 6.07 Å². The molecule has 2 N–H and O–H groups in total. The van der Waals surface area contributed by atoms with Crippen molar-refractivity contribution >= 4 is 17.6 Å². The second-order valence-corrected chi connectivity index (χ2v) is 5.96. The van der Waals surface area contributed by atoms with Crippen molar-refractivity contribution in [3.8, 4) is 11.5 Å². The van der Waals surface area contributed by atoms with Crippen molar-refractivity contribution in [3.05, 3.63) is 18.2 Å². The normalized spacial score (nSPS) is 16.9. The summed E-state index contributed by atoms with van der Waals surface area (Å²) in [6.45, 7) is 6.59. The summed E-state index contributed by atoms with van der Waals surface area (Å²) < 4.78 is 5.90. The topological polar surface area (TPSA) is 87.1 Å². The Kier molecular flexibility index (Phi) is 3.81. The van der Waals surface area contributed by atoms with E-state index in [9.17, 15) is 19.8 Å². The lowest BCUT2D eigenvalue weighted by molar-refractivity contribution is -0.148. The number of amides is 1. The van der Waals surface area contributed by atoms with E-state index in [1.165, 1.54) is 30.9 Å². The van der Waals surface area contributed by atoms with Gasteiger partial charge in [0.25, 0.3) is 5.91 Å². The van der Waals surface area contributed by atoms with E-state index >= 15 is 0 Å². The average Bonchev–Trinajstić information content (AvgIpc) is 2.46. The molecule has 1 amide bonds.